The predicted molar refractivity (Wildman–Crippen MR) is 57.5 cm³/mol. The lowest BCUT2D eigenvalue weighted by Crippen LogP contribution is -2.34. The first-order chi connectivity index (χ1) is 6.76. The standard InChI is InChI=1S/C10H21N3O/c1-2-9-4-3-6-13(7-5-9)8-10(11)12-14/h9,14H,2-8H2,1H3,(H2,11,12). The molecule has 1 saturated heterocycles. The normalized spacial score (nSPS) is 26.1. The van der Waals surface area contributed by atoms with Crippen LogP contribution in [0.3, 0.4) is 0 Å². The number of nitrogens with zero attached hydrogens (tertiary/aromatic N) is 2. The van der Waals surface area contributed by atoms with Crippen LogP contribution in [0.15, 0.2) is 5.16 Å². The lowest BCUT2D eigenvalue weighted by molar-refractivity contribution is 0.294. The summed E-state index contributed by atoms with van der Waals surface area (Å²) in [6, 6.07) is 0. The summed E-state index contributed by atoms with van der Waals surface area (Å²) in [5.74, 6) is 1.19. The smallest absolute Gasteiger partial charge is 0.153 e. The van der Waals surface area contributed by atoms with E-state index in [1.165, 1.54) is 25.7 Å². The highest BCUT2D eigenvalue weighted by molar-refractivity contribution is 5.81. The number of amidine groups is 1. The molecular formula is C10H21N3O. The number of likely N-dealkylation sites (tertiary alicyclic amines) is 1. The topological polar surface area (TPSA) is 61.8 Å². The van der Waals surface area contributed by atoms with Crippen molar-refractivity contribution in [3.05, 3.63) is 0 Å². The van der Waals surface area contributed by atoms with Crippen LogP contribution >= 0.6 is 0 Å². The third-order valence-electron chi connectivity index (χ3n) is 3.03. The summed E-state index contributed by atoms with van der Waals surface area (Å²) in [4.78, 5) is 2.27. The average molecular weight is 199 g/mol. The molecule has 14 heavy (non-hydrogen) atoms. The monoisotopic (exact) mass is 199 g/mol. The van der Waals surface area contributed by atoms with Crippen molar-refractivity contribution in [2.24, 2.45) is 16.8 Å². The van der Waals surface area contributed by atoms with Crippen LogP contribution in [0.5, 0.6) is 0 Å². The number of oxime groups is 1. The molecule has 4 nitrogen and oxygen atoms in total. The van der Waals surface area contributed by atoms with Crippen molar-refractivity contribution >= 4 is 5.84 Å². The Morgan fingerprint density at radius 3 is 2.93 bits per heavy atom. The molecule has 0 aliphatic carbocycles. The molecule has 0 aromatic rings. The van der Waals surface area contributed by atoms with Crippen molar-refractivity contribution in [3.63, 3.8) is 0 Å². The van der Waals surface area contributed by atoms with Crippen LogP contribution in [0.2, 0.25) is 0 Å². The molecule has 0 amide bonds. The fraction of sp³-hybridized carbons (Fsp3) is 0.900. The lowest BCUT2D eigenvalue weighted by Gasteiger charge is -2.18. The Balaban J connectivity index is 2.34. The van der Waals surface area contributed by atoms with Crippen LogP contribution in [0.25, 0.3) is 0 Å². The maximum atomic E-state index is 8.47. The Morgan fingerprint density at radius 1 is 1.50 bits per heavy atom. The SMILES string of the molecule is CCC1CCCN(C/C(N)=N/O)CC1. The van der Waals surface area contributed by atoms with Gasteiger partial charge in [0.2, 0.25) is 0 Å². The second-order valence-electron chi connectivity index (χ2n) is 4.07. The van der Waals surface area contributed by atoms with Crippen LogP contribution in [0.4, 0.5) is 0 Å². The summed E-state index contributed by atoms with van der Waals surface area (Å²) in [6.45, 7) is 5.01. The van der Waals surface area contributed by atoms with E-state index in [1.807, 2.05) is 0 Å². The van der Waals surface area contributed by atoms with Gasteiger partial charge < -0.3 is 10.9 Å². The second kappa shape index (κ2) is 5.86. The summed E-state index contributed by atoms with van der Waals surface area (Å²) in [5, 5.41) is 11.5. The largest absolute Gasteiger partial charge is 0.409 e. The zero-order chi connectivity index (χ0) is 10.4. The van der Waals surface area contributed by atoms with E-state index in [0.717, 1.165) is 19.0 Å². The molecule has 1 rings (SSSR count). The minimum absolute atomic E-state index is 0.319. The Labute approximate surface area is 85.8 Å². The third-order valence-corrected chi connectivity index (χ3v) is 3.03. The Morgan fingerprint density at radius 2 is 2.29 bits per heavy atom. The minimum Gasteiger partial charge on any atom is -0.409 e. The van der Waals surface area contributed by atoms with Crippen molar-refractivity contribution in [3.8, 4) is 0 Å². The van der Waals surface area contributed by atoms with Crippen LogP contribution in [-0.2, 0) is 0 Å². The summed E-state index contributed by atoms with van der Waals surface area (Å²) in [6.07, 6.45) is 5.08. The summed E-state index contributed by atoms with van der Waals surface area (Å²) < 4.78 is 0. The Bertz CT molecular complexity index is 194. The summed E-state index contributed by atoms with van der Waals surface area (Å²) >= 11 is 0. The molecule has 0 aromatic heterocycles. The molecule has 1 heterocycles. The predicted octanol–water partition coefficient (Wildman–Crippen LogP) is 1.24. The average Bonchev–Trinajstić information content (AvgIpc) is 2.43. The van der Waals surface area contributed by atoms with Crippen molar-refractivity contribution in [2.75, 3.05) is 19.6 Å². The fourth-order valence-corrected chi connectivity index (χ4v) is 2.05. The van der Waals surface area contributed by atoms with Crippen molar-refractivity contribution in [1.29, 1.82) is 0 Å². The molecule has 0 bridgehead atoms. The van der Waals surface area contributed by atoms with Gasteiger partial charge in [0.15, 0.2) is 5.84 Å². The van der Waals surface area contributed by atoms with Gasteiger partial charge in [-0.05, 0) is 38.3 Å². The van der Waals surface area contributed by atoms with E-state index < -0.39 is 0 Å². The van der Waals surface area contributed by atoms with Crippen molar-refractivity contribution < 1.29 is 5.21 Å². The molecule has 1 aliphatic heterocycles. The quantitative estimate of drug-likeness (QED) is 0.311. The first-order valence-electron chi connectivity index (χ1n) is 5.45. The Hall–Kier alpha value is -0.770. The van der Waals surface area contributed by atoms with E-state index in [2.05, 4.69) is 17.0 Å². The molecule has 1 aliphatic rings. The zero-order valence-corrected chi connectivity index (χ0v) is 8.95. The minimum atomic E-state index is 0.319. The lowest BCUT2D eigenvalue weighted by atomic mass is 9.98. The van der Waals surface area contributed by atoms with Gasteiger partial charge in [0, 0.05) is 0 Å². The van der Waals surface area contributed by atoms with Gasteiger partial charge in [0.1, 0.15) is 0 Å². The van der Waals surface area contributed by atoms with E-state index in [-0.39, 0.29) is 0 Å². The van der Waals surface area contributed by atoms with Gasteiger partial charge in [0.05, 0.1) is 6.54 Å². The van der Waals surface area contributed by atoms with Gasteiger partial charge in [-0.1, -0.05) is 18.5 Å². The Kier molecular flexibility index (Phi) is 4.73. The summed E-state index contributed by atoms with van der Waals surface area (Å²) in [5.41, 5.74) is 5.48. The number of hydrogen-bond donors (Lipinski definition) is 2. The van der Waals surface area contributed by atoms with Gasteiger partial charge in [-0.25, -0.2) is 0 Å². The molecule has 3 N–H and O–H groups in total. The number of rotatable bonds is 3. The highest BCUT2D eigenvalue weighted by Crippen LogP contribution is 2.19. The van der Waals surface area contributed by atoms with E-state index in [4.69, 9.17) is 10.9 Å². The molecule has 1 atom stereocenters. The first kappa shape index (κ1) is 11.3. The maximum absolute atomic E-state index is 8.47. The van der Waals surface area contributed by atoms with E-state index in [1.54, 1.807) is 0 Å². The highest BCUT2D eigenvalue weighted by atomic mass is 16.4. The highest BCUT2D eigenvalue weighted by Gasteiger charge is 2.15. The van der Waals surface area contributed by atoms with Gasteiger partial charge in [-0.15, -0.1) is 0 Å². The molecule has 0 aromatic carbocycles. The van der Waals surface area contributed by atoms with Crippen molar-refractivity contribution in [2.45, 2.75) is 32.6 Å². The fourth-order valence-electron chi connectivity index (χ4n) is 2.05. The number of nitrogens with two attached hydrogens (primary N) is 1. The second-order valence-corrected chi connectivity index (χ2v) is 4.07. The van der Waals surface area contributed by atoms with Crippen LogP contribution in [-0.4, -0.2) is 35.6 Å². The van der Waals surface area contributed by atoms with Crippen LogP contribution < -0.4 is 5.73 Å². The van der Waals surface area contributed by atoms with Gasteiger partial charge in [0.25, 0.3) is 0 Å². The molecular weight excluding hydrogens is 178 g/mol. The maximum Gasteiger partial charge on any atom is 0.153 e. The molecule has 82 valence electrons. The van der Waals surface area contributed by atoms with Crippen LogP contribution in [0, 0.1) is 5.92 Å². The van der Waals surface area contributed by atoms with Gasteiger partial charge in [-0.3, -0.25) is 4.90 Å². The molecule has 4 heteroatoms. The molecule has 0 saturated carbocycles. The van der Waals surface area contributed by atoms with Gasteiger partial charge in [-0.2, -0.15) is 0 Å². The van der Waals surface area contributed by atoms with Crippen molar-refractivity contribution in [1.82, 2.24) is 4.90 Å². The molecule has 1 fully saturated rings. The van der Waals surface area contributed by atoms with Crippen LogP contribution in [0.1, 0.15) is 32.6 Å². The molecule has 0 radical (unpaired) electrons. The zero-order valence-electron chi connectivity index (χ0n) is 8.95. The third kappa shape index (κ3) is 3.54. The molecule has 1 unspecified atom stereocenters. The van der Waals surface area contributed by atoms with Gasteiger partial charge >= 0.3 is 0 Å². The number of hydrogen-bond acceptors (Lipinski definition) is 3. The van der Waals surface area contributed by atoms with E-state index in [0.29, 0.717) is 12.4 Å². The molecule has 0 spiro atoms. The van der Waals surface area contributed by atoms with E-state index in [9.17, 15) is 0 Å². The first-order valence-corrected chi connectivity index (χ1v) is 5.45. The van der Waals surface area contributed by atoms with E-state index >= 15 is 0 Å². The summed E-state index contributed by atoms with van der Waals surface area (Å²) in [7, 11) is 0.